The molecule has 0 radical (unpaired) electrons. The monoisotopic (exact) mass is 352 g/mol. The van der Waals surface area contributed by atoms with Crippen molar-refractivity contribution in [2.24, 2.45) is 0 Å². The fourth-order valence-corrected chi connectivity index (χ4v) is 1.09. The second-order valence-electron chi connectivity index (χ2n) is 3.90. The lowest BCUT2D eigenvalue weighted by atomic mass is 10.2. The summed E-state index contributed by atoms with van der Waals surface area (Å²) in [6, 6.07) is 6.40. The summed E-state index contributed by atoms with van der Waals surface area (Å²) < 4.78 is 41.3. The number of alkyl halides is 3. The number of halogens is 3. The first kappa shape index (κ1) is 21.2. The van der Waals surface area contributed by atoms with Crippen LogP contribution in [0.5, 0.6) is 5.75 Å². The van der Waals surface area contributed by atoms with Crippen molar-refractivity contribution in [3.05, 3.63) is 29.8 Å². The number of ether oxygens (including phenoxy) is 2. The average molecular weight is 352 g/mol. The van der Waals surface area contributed by atoms with E-state index in [2.05, 4.69) is 15.6 Å². The summed E-state index contributed by atoms with van der Waals surface area (Å²) in [4.78, 5) is 31.1. The van der Waals surface area contributed by atoms with Gasteiger partial charge in [0.15, 0.2) is 6.61 Å². The zero-order valence-corrected chi connectivity index (χ0v) is 12.6. The minimum atomic E-state index is -5.08. The van der Waals surface area contributed by atoms with Crippen LogP contribution >= 0.6 is 0 Å². The van der Waals surface area contributed by atoms with Gasteiger partial charge in [0.2, 0.25) is 0 Å². The smallest absolute Gasteiger partial charge is 0.482 e. The molecule has 0 saturated carbocycles. The highest BCUT2D eigenvalue weighted by Gasteiger charge is 2.38. The van der Waals surface area contributed by atoms with Crippen molar-refractivity contribution in [2.75, 3.05) is 20.8 Å². The summed E-state index contributed by atoms with van der Waals surface area (Å²) in [5.74, 6) is -2.96. The maximum atomic E-state index is 11.4. The molecular weight excluding hydrogens is 337 g/mol. The number of hydrogen-bond acceptors (Lipinski definition) is 6. The van der Waals surface area contributed by atoms with Gasteiger partial charge in [0.1, 0.15) is 5.75 Å². The van der Waals surface area contributed by atoms with Gasteiger partial charge in [-0.1, -0.05) is 0 Å². The van der Waals surface area contributed by atoms with Crippen LogP contribution < -0.4 is 15.6 Å². The maximum absolute atomic E-state index is 11.4. The van der Waals surface area contributed by atoms with E-state index in [1.165, 1.54) is 7.11 Å². The first-order chi connectivity index (χ1) is 11.1. The second-order valence-corrected chi connectivity index (χ2v) is 3.90. The highest BCUT2D eigenvalue weighted by Crippen LogP contribution is 2.13. The van der Waals surface area contributed by atoms with Crippen LogP contribution in [-0.4, -0.2) is 49.9 Å². The Morgan fingerprint density at radius 1 is 1.17 bits per heavy atom. The fourth-order valence-electron chi connectivity index (χ4n) is 1.09. The number of amides is 1. The number of nitrogens with one attached hydrogen (secondary N) is 2. The third-order valence-electron chi connectivity index (χ3n) is 2.18. The van der Waals surface area contributed by atoms with Gasteiger partial charge in [-0.2, -0.15) is 13.2 Å². The van der Waals surface area contributed by atoms with E-state index in [1.54, 1.807) is 31.3 Å². The molecule has 1 aromatic rings. The van der Waals surface area contributed by atoms with Crippen LogP contribution in [0.1, 0.15) is 10.4 Å². The number of hydrazine groups is 1. The molecule has 0 aromatic heterocycles. The van der Waals surface area contributed by atoms with E-state index in [1.807, 2.05) is 0 Å². The molecule has 0 aliphatic heterocycles. The molecule has 8 nitrogen and oxygen atoms in total. The van der Waals surface area contributed by atoms with E-state index in [4.69, 9.17) is 14.6 Å². The van der Waals surface area contributed by atoms with Crippen molar-refractivity contribution in [1.82, 2.24) is 10.9 Å². The van der Waals surface area contributed by atoms with E-state index < -0.39 is 18.1 Å². The molecular formula is C13H15F3N2O6. The summed E-state index contributed by atoms with van der Waals surface area (Å²) in [6.45, 7) is -0.154. The summed E-state index contributed by atoms with van der Waals surface area (Å²) in [7, 11) is 2.89. The Hall–Kier alpha value is -2.82. The van der Waals surface area contributed by atoms with E-state index in [0.717, 1.165) is 0 Å². The molecule has 0 fully saturated rings. The highest BCUT2D eigenvalue weighted by molar-refractivity contribution is 5.93. The van der Waals surface area contributed by atoms with Gasteiger partial charge in [0.05, 0.1) is 7.11 Å². The number of carbonyl (C=O) groups is 3. The number of methoxy groups -OCH3 is 1. The Kier molecular flexibility index (Phi) is 8.87. The van der Waals surface area contributed by atoms with Gasteiger partial charge in [-0.05, 0) is 24.3 Å². The van der Waals surface area contributed by atoms with E-state index in [0.29, 0.717) is 11.3 Å². The molecule has 0 aliphatic rings. The molecule has 1 aromatic carbocycles. The molecule has 0 unspecified atom stereocenters. The van der Waals surface area contributed by atoms with Crippen molar-refractivity contribution in [1.29, 1.82) is 0 Å². The molecule has 1 amide bonds. The van der Waals surface area contributed by atoms with Crippen LogP contribution in [0.2, 0.25) is 0 Å². The van der Waals surface area contributed by atoms with Crippen molar-refractivity contribution >= 4 is 17.8 Å². The number of rotatable bonds is 5. The van der Waals surface area contributed by atoms with Gasteiger partial charge in [0, 0.05) is 12.6 Å². The molecule has 134 valence electrons. The quantitative estimate of drug-likeness (QED) is 0.529. The molecule has 0 heterocycles. The fraction of sp³-hybridized carbons (Fsp3) is 0.308. The van der Waals surface area contributed by atoms with Crippen LogP contribution in [0.15, 0.2) is 24.3 Å². The van der Waals surface area contributed by atoms with Gasteiger partial charge in [0.25, 0.3) is 5.91 Å². The van der Waals surface area contributed by atoms with Gasteiger partial charge in [-0.15, -0.1) is 0 Å². The van der Waals surface area contributed by atoms with Crippen molar-refractivity contribution in [3.63, 3.8) is 0 Å². The summed E-state index contributed by atoms with van der Waals surface area (Å²) in [5.41, 5.74) is 5.46. The number of carbonyl (C=O) groups excluding carboxylic acids is 2. The lowest BCUT2D eigenvalue weighted by Gasteiger charge is -2.06. The minimum absolute atomic E-state index is 0.154. The highest BCUT2D eigenvalue weighted by atomic mass is 19.4. The minimum Gasteiger partial charge on any atom is -0.482 e. The Morgan fingerprint density at radius 3 is 2.04 bits per heavy atom. The lowest BCUT2D eigenvalue weighted by molar-refractivity contribution is -0.192. The summed E-state index contributed by atoms with van der Waals surface area (Å²) >= 11 is 0. The topological polar surface area (TPSA) is 114 Å². The molecule has 11 heteroatoms. The van der Waals surface area contributed by atoms with Crippen molar-refractivity contribution < 1.29 is 42.1 Å². The Morgan fingerprint density at radius 2 is 1.67 bits per heavy atom. The van der Waals surface area contributed by atoms with Crippen molar-refractivity contribution in [2.45, 2.75) is 6.18 Å². The van der Waals surface area contributed by atoms with Gasteiger partial charge in [-0.3, -0.25) is 10.2 Å². The Labute approximate surface area is 134 Å². The van der Waals surface area contributed by atoms with Crippen molar-refractivity contribution in [3.8, 4) is 5.75 Å². The molecule has 24 heavy (non-hydrogen) atoms. The first-order valence-electron chi connectivity index (χ1n) is 6.18. The first-order valence-corrected chi connectivity index (χ1v) is 6.18. The SMILES string of the molecule is CNNC(=O)c1ccc(OCC(=O)OC)cc1.O=C(O)C(F)(F)F. The number of carboxylic acids is 1. The molecule has 0 atom stereocenters. The number of hydrogen-bond donors (Lipinski definition) is 3. The lowest BCUT2D eigenvalue weighted by Crippen LogP contribution is -2.34. The summed E-state index contributed by atoms with van der Waals surface area (Å²) in [6.07, 6.45) is -5.08. The zero-order valence-electron chi connectivity index (χ0n) is 12.6. The third-order valence-corrected chi connectivity index (χ3v) is 2.18. The number of esters is 1. The normalized spacial score (nSPS) is 10.0. The predicted octanol–water partition coefficient (Wildman–Crippen LogP) is 0.736. The van der Waals surface area contributed by atoms with E-state index >= 15 is 0 Å². The van der Waals surface area contributed by atoms with Crippen LogP contribution in [0.4, 0.5) is 13.2 Å². The van der Waals surface area contributed by atoms with Crippen LogP contribution in [-0.2, 0) is 14.3 Å². The molecule has 3 N–H and O–H groups in total. The zero-order chi connectivity index (χ0) is 18.8. The Balaban J connectivity index is 0.000000640. The number of aliphatic carboxylic acids is 1. The maximum Gasteiger partial charge on any atom is 0.490 e. The van der Waals surface area contributed by atoms with E-state index in [9.17, 15) is 22.8 Å². The van der Waals surface area contributed by atoms with Gasteiger partial charge >= 0.3 is 18.1 Å². The van der Waals surface area contributed by atoms with E-state index in [-0.39, 0.29) is 12.5 Å². The Bertz CT molecular complexity index is 560. The molecule has 0 spiro atoms. The number of carboxylic acid groups (broad SMARTS) is 1. The standard InChI is InChI=1S/C11H14N2O4.C2HF3O2/c1-12-13-11(15)8-3-5-9(6-4-8)17-7-10(14)16-2;3-2(4,5)1(6)7/h3-6,12H,7H2,1-2H3,(H,13,15);(H,6,7). The number of benzene rings is 1. The molecule has 0 aliphatic carbocycles. The predicted molar refractivity (Wildman–Crippen MR) is 74.2 cm³/mol. The third kappa shape index (κ3) is 8.58. The van der Waals surface area contributed by atoms with Gasteiger partial charge < -0.3 is 14.6 Å². The molecule has 1 rings (SSSR count). The average Bonchev–Trinajstić information content (AvgIpc) is 2.53. The van der Waals surface area contributed by atoms with Gasteiger partial charge in [-0.25, -0.2) is 15.0 Å². The molecule has 0 saturated heterocycles. The molecule has 0 bridgehead atoms. The van der Waals surface area contributed by atoms with Crippen LogP contribution in [0, 0.1) is 0 Å². The van der Waals surface area contributed by atoms with Crippen LogP contribution in [0.25, 0.3) is 0 Å². The largest absolute Gasteiger partial charge is 0.490 e. The summed E-state index contributed by atoms with van der Waals surface area (Å²) in [5, 5.41) is 7.12. The van der Waals surface area contributed by atoms with Crippen LogP contribution in [0.3, 0.4) is 0 Å². The second kappa shape index (κ2) is 10.0.